The zero-order valence-electron chi connectivity index (χ0n) is 12.7. The highest BCUT2D eigenvalue weighted by Crippen LogP contribution is 2.36. The van der Waals surface area contributed by atoms with Gasteiger partial charge in [0.15, 0.2) is 11.5 Å². The number of imide groups is 1. The van der Waals surface area contributed by atoms with E-state index in [2.05, 4.69) is 10.9 Å². The summed E-state index contributed by atoms with van der Waals surface area (Å²) in [4.78, 5) is 26.0. The van der Waals surface area contributed by atoms with Crippen molar-refractivity contribution in [1.82, 2.24) is 5.43 Å². The van der Waals surface area contributed by atoms with Crippen LogP contribution in [0.15, 0.2) is 48.5 Å². The number of benzene rings is 2. The second-order valence-electron chi connectivity index (χ2n) is 5.50. The lowest BCUT2D eigenvalue weighted by Crippen LogP contribution is -2.41. The molecule has 1 saturated heterocycles. The van der Waals surface area contributed by atoms with Crippen molar-refractivity contribution in [1.29, 1.82) is 0 Å². The highest BCUT2D eigenvalue weighted by Gasteiger charge is 2.40. The average molecular weight is 325 g/mol. The highest BCUT2D eigenvalue weighted by molar-refractivity contribution is 6.22. The van der Waals surface area contributed by atoms with Crippen LogP contribution in [0.4, 0.5) is 11.4 Å². The molecule has 0 aliphatic carbocycles. The Morgan fingerprint density at radius 2 is 1.79 bits per heavy atom. The van der Waals surface area contributed by atoms with Crippen molar-refractivity contribution < 1.29 is 19.1 Å². The summed E-state index contributed by atoms with van der Waals surface area (Å²) in [5.74, 6) is 0.582. The Kier molecular flexibility index (Phi) is 3.55. The van der Waals surface area contributed by atoms with Crippen molar-refractivity contribution in [2.24, 2.45) is 0 Å². The third kappa shape index (κ3) is 2.55. The van der Waals surface area contributed by atoms with Gasteiger partial charge in [-0.1, -0.05) is 18.2 Å². The minimum atomic E-state index is -0.622. The van der Waals surface area contributed by atoms with Gasteiger partial charge < -0.3 is 14.9 Å². The maximum absolute atomic E-state index is 12.6. The van der Waals surface area contributed by atoms with Gasteiger partial charge in [-0.05, 0) is 24.3 Å². The van der Waals surface area contributed by atoms with Crippen LogP contribution in [-0.2, 0) is 9.59 Å². The zero-order chi connectivity index (χ0) is 16.5. The predicted molar refractivity (Wildman–Crippen MR) is 86.7 cm³/mol. The number of hydrogen-bond acceptors (Lipinski definition) is 6. The summed E-state index contributed by atoms with van der Waals surface area (Å²) in [6.45, 7) is 0.145. The van der Waals surface area contributed by atoms with E-state index in [9.17, 15) is 9.59 Å². The molecule has 0 unspecified atom stereocenters. The molecule has 0 radical (unpaired) electrons. The quantitative estimate of drug-likeness (QED) is 0.657. The van der Waals surface area contributed by atoms with E-state index in [0.29, 0.717) is 17.2 Å². The number of fused-ring (bicyclic) bond motifs is 1. The van der Waals surface area contributed by atoms with Gasteiger partial charge >= 0.3 is 0 Å². The highest BCUT2D eigenvalue weighted by atomic mass is 16.7. The first kappa shape index (κ1) is 14.5. The molecule has 7 heteroatoms. The molecule has 122 valence electrons. The Balaban J connectivity index is 1.49. The number of carbonyl (C=O) groups excluding carboxylic acids is 2. The van der Waals surface area contributed by atoms with Crippen LogP contribution in [-0.4, -0.2) is 24.6 Å². The molecule has 0 saturated carbocycles. The molecule has 4 rings (SSSR count). The van der Waals surface area contributed by atoms with Crippen LogP contribution in [0.25, 0.3) is 0 Å². The summed E-state index contributed by atoms with van der Waals surface area (Å²) >= 11 is 0. The molecular weight excluding hydrogens is 310 g/mol. The smallest absolute Gasteiger partial charge is 0.253 e. The van der Waals surface area contributed by atoms with Gasteiger partial charge in [-0.3, -0.25) is 9.59 Å². The van der Waals surface area contributed by atoms with E-state index in [0.717, 1.165) is 5.69 Å². The third-order valence-electron chi connectivity index (χ3n) is 3.93. The van der Waals surface area contributed by atoms with Crippen LogP contribution in [0.1, 0.15) is 6.42 Å². The second kappa shape index (κ2) is 5.86. The molecule has 24 heavy (non-hydrogen) atoms. The number of hydrogen-bond donors (Lipinski definition) is 2. The monoisotopic (exact) mass is 325 g/mol. The summed E-state index contributed by atoms with van der Waals surface area (Å²) in [7, 11) is 0. The van der Waals surface area contributed by atoms with Crippen molar-refractivity contribution in [3.8, 4) is 11.5 Å². The molecule has 2 amide bonds. The van der Waals surface area contributed by atoms with Crippen LogP contribution in [0, 0.1) is 0 Å². The first-order valence-corrected chi connectivity index (χ1v) is 7.55. The van der Waals surface area contributed by atoms with Crippen LogP contribution >= 0.6 is 0 Å². The van der Waals surface area contributed by atoms with Crippen molar-refractivity contribution in [2.75, 3.05) is 17.1 Å². The van der Waals surface area contributed by atoms with E-state index in [4.69, 9.17) is 9.47 Å². The lowest BCUT2D eigenvalue weighted by molar-refractivity contribution is -0.121. The second-order valence-corrected chi connectivity index (χ2v) is 5.50. The number of ether oxygens (including phenoxy) is 2. The molecule has 2 aromatic carbocycles. The van der Waals surface area contributed by atoms with Gasteiger partial charge in [0.25, 0.3) is 5.91 Å². The summed E-state index contributed by atoms with van der Waals surface area (Å²) < 4.78 is 10.5. The van der Waals surface area contributed by atoms with Crippen molar-refractivity contribution >= 4 is 23.2 Å². The average Bonchev–Trinajstić information content (AvgIpc) is 3.17. The Bertz CT molecular complexity index is 794. The minimum Gasteiger partial charge on any atom is -0.454 e. The zero-order valence-corrected chi connectivity index (χ0v) is 12.7. The molecule has 7 nitrogen and oxygen atoms in total. The van der Waals surface area contributed by atoms with Gasteiger partial charge in [-0.15, -0.1) is 0 Å². The van der Waals surface area contributed by atoms with Crippen molar-refractivity contribution in [3.05, 3.63) is 48.5 Å². The number of para-hydroxylation sites is 1. The molecule has 2 N–H and O–H groups in total. The van der Waals surface area contributed by atoms with E-state index >= 15 is 0 Å². The molecule has 0 spiro atoms. The van der Waals surface area contributed by atoms with Gasteiger partial charge in [0.2, 0.25) is 12.7 Å². The lowest BCUT2D eigenvalue weighted by atomic mass is 10.2. The number of rotatable bonds is 4. The molecule has 2 aliphatic heterocycles. The molecule has 1 fully saturated rings. The Hall–Kier alpha value is -3.06. The summed E-state index contributed by atoms with van der Waals surface area (Å²) in [5, 5.41) is 0. The molecule has 2 aliphatic rings. The van der Waals surface area contributed by atoms with Gasteiger partial charge in [0, 0.05) is 11.8 Å². The van der Waals surface area contributed by atoms with E-state index < -0.39 is 6.04 Å². The van der Waals surface area contributed by atoms with Crippen LogP contribution in [0.2, 0.25) is 0 Å². The number of nitrogens with one attached hydrogen (secondary N) is 2. The van der Waals surface area contributed by atoms with Crippen LogP contribution in [0.3, 0.4) is 0 Å². The lowest BCUT2D eigenvalue weighted by Gasteiger charge is -2.16. The SMILES string of the molecule is O=C1C[C@@H](NNc2ccccc2)C(=O)N1c1ccc2c(c1)OCO2. The maximum atomic E-state index is 12.6. The molecule has 0 aromatic heterocycles. The van der Waals surface area contributed by atoms with E-state index in [1.165, 1.54) is 4.90 Å². The Morgan fingerprint density at radius 1 is 1.00 bits per heavy atom. The number of anilines is 2. The Morgan fingerprint density at radius 3 is 2.62 bits per heavy atom. The summed E-state index contributed by atoms with van der Waals surface area (Å²) in [6, 6.07) is 13.8. The standard InChI is InChI=1S/C17H15N3O4/c21-16-9-13(19-18-11-4-2-1-3-5-11)17(22)20(16)12-6-7-14-15(8-12)24-10-23-14/h1-8,13,18-19H,9-10H2/t13-/m1/s1. The summed E-state index contributed by atoms with van der Waals surface area (Å²) in [6.07, 6.45) is 0.0904. The Labute approximate surface area is 138 Å². The molecule has 0 bridgehead atoms. The fourth-order valence-electron chi connectivity index (χ4n) is 2.73. The van der Waals surface area contributed by atoms with E-state index in [-0.39, 0.29) is 25.0 Å². The third-order valence-corrected chi connectivity index (χ3v) is 3.93. The number of nitrogens with zero attached hydrogens (tertiary/aromatic N) is 1. The predicted octanol–water partition coefficient (Wildman–Crippen LogP) is 1.66. The van der Waals surface area contributed by atoms with Gasteiger partial charge in [0.1, 0.15) is 6.04 Å². The van der Waals surface area contributed by atoms with Gasteiger partial charge in [-0.2, -0.15) is 0 Å². The number of amides is 2. The minimum absolute atomic E-state index is 0.0904. The van der Waals surface area contributed by atoms with Gasteiger partial charge in [0.05, 0.1) is 12.1 Å². The maximum Gasteiger partial charge on any atom is 0.253 e. The van der Waals surface area contributed by atoms with E-state index in [1.807, 2.05) is 30.3 Å². The fourth-order valence-corrected chi connectivity index (χ4v) is 2.73. The normalized spacial score (nSPS) is 19.0. The summed E-state index contributed by atoms with van der Waals surface area (Å²) in [5.41, 5.74) is 7.17. The topological polar surface area (TPSA) is 79.9 Å². The first-order chi connectivity index (χ1) is 11.7. The van der Waals surface area contributed by atoms with Crippen LogP contribution in [0.5, 0.6) is 11.5 Å². The van der Waals surface area contributed by atoms with Crippen molar-refractivity contribution in [3.63, 3.8) is 0 Å². The molecule has 2 aromatic rings. The van der Waals surface area contributed by atoms with Gasteiger partial charge in [-0.25, -0.2) is 10.3 Å². The fraction of sp³-hybridized carbons (Fsp3) is 0.176. The molecule has 2 heterocycles. The van der Waals surface area contributed by atoms with Crippen LogP contribution < -0.4 is 25.2 Å². The number of carbonyl (C=O) groups is 2. The number of hydrazine groups is 1. The first-order valence-electron chi connectivity index (χ1n) is 7.55. The molecular formula is C17H15N3O4. The van der Waals surface area contributed by atoms with E-state index in [1.54, 1.807) is 18.2 Å². The van der Waals surface area contributed by atoms with Crippen molar-refractivity contribution in [2.45, 2.75) is 12.5 Å². The molecule has 1 atom stereocenters. The largest absolute Gasteiger partial charge is 0.454 e.